The highest BCUT2D eigenvalue weighted by Gasteiger charge is 2.25. The van der Waals surface area contributed by atoms with Crippen molar-refractivity contribution in [1.82, 2.24) is 10.3 Å². The molecule has 0 atom stereocenters. The summed E-state index contributed by atoms with van der Waals surface area (Å²) in [7, 11) is 0. The summed E-state index contributed by atoms with van der Waals surface area (Å²) < 4.78 is 0. The monoisotopic (exact) mass is 601 g/mol. The molecular weight excluding hydrogens is 562 g/mol. The Morgan fingerprint density at radius 3 is 2.42 bits per heavy atom. The second-order valence-electron chi connectivity index (χ2n) is 12.8. The molecule has 5 rings (SSSR count). The maximum atomic E-state index is 13.6. The molecule has 2 heterocycles. The molecule has 8 nitrogen and oxygen atoms in total. The molecule has 0 saturated heterocycles. The van der Waals surface area contributed by atoms with Crippen LogP contribution in [-0.4, -0.2) is 35.0 Å². The molecule has 1 aliphatic rings. The third kappa shape index (κ3) is 7.52. The minimum absolute atomic E-state index is 0.0369. The zero-order chi connectivity index (χ0) is 32.3. The number of dihydropyridines is 1. The van der Waals surface area contributed by atoms with Crippen molar-refractivity contribution in [3.05, 3.63) is 106 Å². The quantitative estimate of drug-likeness (QED) is 0.203. The minimum Gasteiger partial charge on any atom is -0.365 e. The first-order chi connectivity index (χ1) is 21.4. The van der Waals surface area contributed by atoms with Crippen molar-refractivity contribution < 1.29 is 14.4 Å². The van der Waals surface area contributed by atoms with Gasteiger partial charge in [0.15, 0.2) is 0 Å². The highest BCUT2D eigenvalue weighted by atomic mass is 16.2. The molecule has 0 fully saturated rings. The third-order valence-corrected chi connectivity index (χ3v) is 7.71. The molecule has 0 radical (unpaired) electrons. The van der Waals surface area contributed by atoms with Crippen molar-refractivity contribution >= 4 is 51.3 Å². The second kappa shape index (κ2) is 12.9. The first-order valence-electron chi connectivity index (χ1n) is 15.1. The first kappa shape index (κ1) is 31.3. The largest absolute Gasteiger partial charge is 0.365 e. The lowest BCUT2D eigenvalue weighted by atomic mass is 9.92. The van der Waals surface area contributed by atoms with Crippen molar-refractivity contribution in [1.29, 1.82) is 0 Å². The number of aliphatic imine (C=N–C) groups is 1. The van der Waals surface area contributed by atoms with E-state index < -0.39 is 5.91 Å². The predicted octanol–water partition coefficient (Wildman–Crippen LogP) is 6.94. The maximum absolute atomic E-state index is 13.6. The lowest BCUT2D eigenvalue weighted by Crippen LogP contribution is -2.32. The number of carbonyl (C=O) groups is 3. The van der Waals surface area contributed by atoms with Crippen LogP contribution in [0.2, 0.25) is 0 Å². The van der Waals surface area contributed by atoms with Gasteiger partial charge in [-0.1, -0.05) is 56.7 Å². The van der Waals surface area contributed by atoms with Gasteiger partial charge in [-0.05, 0) is 90.2 Å². The lowest BCUT2D eigenvalue weighted by molar-refractivity contribution is -0.117. The smallest absolute Gasteiger partial charge is 0.275 e. The Morgan fingerprint density at radius 1 is 0.889 bits per heavy atom. The van der Waals surface area contributed by atoms with E-state index in [4.69, 9.17) is 0 Å². The first-order valence-corrected chi connectivity index (χ1v) is 15.1. The van der Waals surface area contributed by atoms with Crippen LogP contribution < -0.4 is 16.0 Å². The van der Waals surface area contributed by atoms with Gasteiger partial charge in [0.2, 0.25) is 5.91 Å². The Balaban J connectivity index is 1.33. The van der Waals surface area contributed by atoms with Gasteiger partial charge >= 0.3 is 0 Å². The molecule has 3 aromatic carbocycles. The minimum atomic E-state index is -0.484. The van der Waals surface area contributed by atoms with Crippen LogP contribution in [0.4, 0.5) is 11.5 Å². The number of fused-ring (bicyclic) bond motifs is 1. The van der Waals surface area contributed by atoms with E-state index in [1.54, 1.807) is 30.5 Å². The molecular formula is C37H39N5O3. The number of hydrogen-bond donors (Lipinski definition) is 3. The number of anilines is 2. The Morgan fingerprint density at radius 2 is 1.69 bits per heavy atom. The molecule has 230 valence electrons. The fourth-order valence-corrected chi connectivity index (χ4v) is 5.29. The van der Waals surface area contributed by atoms with Crippen LogP contribution in [-0.2, 0) is 16.1 Å². The van der Waals surface area contributed by atoms with Gasteiger partial charge in [0.1, 0.15) is 11.5 Å². The van der Waals surface area contributed by atoms with Gasteiger partial charge in [0.25, 0.3) is 11.8 Å². The van der Waals surface area contributed by atoms with Crippen LogP contribution in [0.5, 0.6) is 0 Å². The fraction of sp³-hybridized carbons (Fsp3) is 0.270. The number of nitrogens with zero attached hydrogens (tertiary/aromatic N) is 2. The zero-order valence-electron chi connectivity index (χ0n) is 26.7. The number of aryl methyl sites for hydroxylation is 3. The van der Waals surface area contributed by atoms with Gasteiger partial charge in [0.05, 0.1) is 0 Å². The highest BCUT2D eigenvalue weighted by Crippen LogP contribution is 2.28. The number of aromatic nitrogens is 1. The number of benzene rings is 3. The van der Waals surface area contributed by atoms with Gasteiger partial charge in [-0.15, -0.1) is 0 Å². The van der Waals surface area contributed by atoms with E-state index in [1.807, 2.05) is 31.2 Å². The Bertz CT molecular complexity index is 1880. The Kier molecular flexibility index (Phi) is 8.95. The van der Waals surface area contributed by atoms with Crippen molar-refractivity contribution in [3.8, 4) is 0 Å². The summed E-state index contributed by atoms with van der Waals surface area (Å²) in [6, 6.07) is 19.2. The SMILES string of the molecule is Cc1ccc(CNc2nccc3cc(NC(=O)C4=NC(=O)CC=C4c4ccc(C(=O)NCC(C)(C)C)cc4C)ccc23)c(C)c1. The number of nitrogens with one attached hydrogen (secondary N) is 3. The number of pyridine rings is 1. The van der Waals surface area contributed by atoms with Crippen molar-refractivity contribution in [2.45, 2.75) is 54.5 Å². The highest BCUT2D eigenvalue weighted by molar-refractivity contribution is 6.60. The van der Waals surface area contributed by atoms with Gasteiger partial charge in [-0.2, -0.15) is 0 Å². The van der Waals surface area contributed by atoms with E-state index in [1.165, 1.54) is 16.7 Å². The summed E-state index contributed by atoms with van der Waals surface area (Å²) in [5.41, 5.74) is 6.87. The van der Waals surface area contributed by atoms with Gasteiger partial charge in [-0.3, -0.25) is 14.4 Å². The molecule has 0 bridgehead atoms. The average Bonchev–Trinajstić information content (AvgIpc) is 2.99. The summed E-state index contributed by atoms with van der Waals surface area (Å²) in [5.74, 6) is -0.274. The summed E-state index contributed by atoms with van der Waals surface area (Å²) in [6.07, 6.45) is 3.56. The van der Waals surface area contributed by atoms with Crippen LogP contribution >= 0.6 is 0 Å². The Labute approximate surface area is 264 Å². The van der Waals surface area contributed by atoms with Crippen LogP contribution in [0, 0.1) is 26.2 Å². The second-order valence-corrected chi connectivity index (χ2v) is 12.8. The molecule has 4 aromatic rings. The fourth-order valence-electron chi connectivity index (χ4n) is 5.29. The van der Waals surface area contributed by atoms with E-state index in [0.717, 1.165) is 27.7 Å². The van der Waals surface area contributed by atoms with Crippen LogP contribution in [0.3, 0.4) is 0 Å². The predicted molar refractivity (Wildman–Crippen MR) is 182 cm³/mol. The molecule has 0 aliphatic carbocycles. The van der Waals surface area contributed by atoms with E-state index in [2.05, 4.69) is 78.7 Å². The number of carbonyl (C=O) groups excluding carboxylic acids is 3. The molecule has 3 N–H and O–H groups in total. The zero-order valence-corrected chi connectivity index (χ0v) is 26.7. The van der Waals surface area contributed by atoms with Crippen molar-refractivity contribution in [2.75, 3.05) is 17.2 Å². The van der Waals surface area contributed by atoms with E-state index in [9.17, 15) is 14.4 Å². The molecule has 8 heteroatoms. The number of rotatable bonds is 8. The molecule has 1 aliphatic heterocycles. The normalized spacial score (nSPS) is 13.2. The van der Waals surface area contributed by atoms with E-state index >= 15 is 0 Å². The summed E-state index contributed by atoms with van der Waals surface area (Å²) in [6.45, 7) is 13.4. The molecule has 45 heavy (non-hydrogen) atoms. The van der Waals surface area contributed by atoms with E-state index in [-0.39, 0.29) is 29.4 Å². The molecule has 1 aromatic heterocycles. The van der Waals surface area contributed by atoms with Gasteiger partial charge in [-0.25, -0.2) is 9.98 Å². The summed E-state index contributed by atoms with van der Waals surface area (Å²) in [4.78, 5) is 47.3. The Hall–Kier alpha value is -5.11. The average molecular weight is 602 g/mol. The third-order valence-electron chi connectivity index (χ3n) is 7.71. The van der Waals surface area contributed by atoms with Crippen LogP contribution in [0.15, 0.2) is 77.9 Å². The molecule has 3 amide bonds. The van der Waals surface area contributed by atoms with Crippen LogP contribution in [0.25, 0.3) is 16.3 Å². The van der Waals surface area contributed by atoms with Crippen LogP contribution in [0.1, 0.15) is 65.4 Å². The maximum Gasteiger partial charge on any atom is 0.275 e. The van der Waals surface area contributed by atoms with Crippen molar-refractivity contribution in [3.63, 3.8) is 0 Å². The summed E-state index contributed by atoms with van der Waals surface area (Å²) in [5, 5.41) is 11.2. The topological polar surface area (TPSA) is 113 Å². The van der Waals surface area contributed by atoms with Crippen molar-refractivity contribution in [2.24, 2.45) is 10.4 Å². The molecule has 0 saturated carbocycles. The van der Waals surface area contributed by atoms with Gasteiger partial charge in [0, 0.05) is 47.9 Å². The molecule has 0 unspecified atom stereocenters. The van der Waals surface area contributed by atoms with E-state index in [0.29, 0.717) is 29.9 Å². The number of amides is 3. The molecule has 0 spiro atoms. The number of hydrogen-bond acceptors (Lipinski definition) is 5. The summed E-state index contributed by atoms with van der Waals surface area (Å²) >= 11 is 0. The standard InChI is InChI=1S/C37H39N5O3/c1-22-7-8-27(23(2)17-22)20-39-34-30-12-10-28(19-25(30)15-16-38-34)41-36(45)33-31(13-14-32(43)42-33)29-11-9-26(18-24(29)3)35(44)40-21-37(4,5)6/h7-13,15-19H,14,20-21H2,1-6H3,(H,38,39)(H,40,44)(H,41,45). The van der Waals surface area contributed by atoms with Gasteiger partial charge < -0.3 is 16.0 Å². The lowest BCUT2D eigenvalue weighted by Gasteiger charge is -2.19.